The van der Waals surface area contributed by atoms with Gasteiger partial charge in [0.25, 0.3) is 0 Å². The second-order valence-corrected chi connectivity index (χ2v) is 4.99. The molecule has 0 aromatic heterocycles. The number of rotatable bonds is 7. The molecule has 0 saturated carbocycles. The smallest absolute Gasteiger partial charge is 0.238 e. The van der Waals surface area contributed by atoms with Crippen LogP contribution in [0.15, 0.2) is 30.3 Å². The molecule has 1 fully saturated rings. The maximum Gasteiger partial charge on any atom is 0.238 e. The molecule has 1 aliphatic rings. The summed E-state index contributed by atoms with van der Waals surface area (Å²) < 4.78 is 0. The summed E-state index contributed by atoms with van der Waals surface area (Å²) in [6.07, 6.45) is 3.79. The summed E-state index contributed by atoms with van der Waals surface area (Å²) in [4.78, 5) is 14.1. The minimum atomic E-state index is 0.0207. The van der Waals surface area contributed by atoms with Crippen molar-refractivity contribution in [2.75, 3.05) is 38.0 Å². The Morgan fingerprint density at radius 1 is 1.16 bits per heavy atom. The van der Waals surface area contributed by atoms with E-state index in [1.54, 1.807) is 0 Å². The molecular weight excluding hydrogens is 238 g/mol. The second-order valence-electron chi connectivity index (χ2n) is 4.99. The molecule has 1 aromatic carbocycles. The first-order chi connectivity index (χ1) is 9.34. The van der Waals surface area contributed by atoms with Crippen LogP contribution in [0, 0.1) is 0 Å². The van der Waals surface area contributed by atoms with Crippen LogP contribution in [0.3, 0.4) is 0 Å². The summed E-state index contributed by atoms with van der Waals surface area (Å²) in [6.45, 7) is 4.92. The van der Waals surface area contributed by atoms with Gasteiger partial charge in [-0.15, -0.1) is 0 Å². The molecule has 2 rings (SSSR count). The first kappa shape index (κ1) is 14.0. The zero-order valence-corrected chi connectivity index (χ0v) is 11.4. The van der Waals surface area contributed by atoms with Crippen molar-refractivity contribution in [2.45, 2.75) is 19.3 Å². The molecule has 4 nitrogen and oxygen atoms in total. The predicted octanol–water partition coefficient (Wildman–Crippen LogP) is 1.70. The van der Waals surface area contributed by atoms with Gasteiger partial charge in [0.15, 0.2) is 0 Å². The summed E-state index contributed by atoms with van der Waals surface area (Å²) in [7, 11) is 0. The van der Waals surface area contributed by atoms with Crippen LogP contribution in [0.2, 0.25) is 0 Å². The standard InChI is InChI=1S/C15H23N3O/c19-15(17-14-7-2-1-3-8-14)13-16-9-6-12-18-10-4-5-11-18/h1-3,7-8,16H,4-6,9-13H2,(H,17,19). The Kier molecular flexibility index (Phi) is 5.85. The van der Waals surface area contributed by atoms with Gasteiger partial charge in [-0.25, -0.2) is 0 Å². The Labute approximate surface area is 115 Å². The van der Waals surface area contributed by atoms with Gasteiger partial charge >= 0.3 is 0 Å². The molecule has 1 aliphatic heterocycles. The van der Waals surface area contributed by atoms with Gasteiger partial charge in [-0.05, 0) is 57.6 Å². The molecule has 104 valence electrons. The fourth-order valence-corrected chi connectivity index (χ4v) is 2.36. The van der Waals surface area contributed by atoms with E-state index in [2.05, 4.69) is 15.5 Å². The molecular formula is C15H23N3O. The molecule has 0 radical (unpaired) electrons. The van der Waals surface area contributed by atoms with Crippen molar-refractivity contribution in [3.63, 3.8) is 0 Å². The maximum absolute atomic E-state index is 11.6. The summed E-state index contributed by atoms with van der Waals surface area (Å²) >= 11 is 0. The number of benzene rings is 1. The molecule has 1 aromatic rings. The van der Waals surface area contributed by atoms with Gasteiger partial charge in [-0.1, -0.05) is 18.2 Å². The fraction of sp³-hybridized carbons (Fsp3) is 0.533. The molecule has 1 heterocycles. The summed E-state index contributed by atoms with van der Waals surface area (Å²) in [5, 5.41) is 6.05. The largest absolute Gasteiger partial charge is 0.325 e. The highest BCUT2D eigenvalue weighted by Crippen LogP contribution is 2.07. The highest BCUT2D eigenvalue weighted by atomic mass is 16.1. The molecule has 1 amide bonds. The van der Waals surface area contributed by atoms with Crippen molar-refractivity contribution < 1.29 is 4.79 Å². The van der Waals surface area contributed by atoms with Gasteiger partial charge in [0.05, 0.1) is 6.54 Å². The van der Waals surface area contributed by atoms with E-state index < -0.39 is 0 Å². The van der Waals surface area contributed by atoms with Crippen LogP contribution < -0.4 is 10.6 Å². The maximum atomic E-state index is 11.6. The van der Waals surface area contributed by atoms with Crippen LogP contribution in [0.4, 0.5) is 5.69 Å². The number of carbonyl (C=O) groups is 1. The summed E-state index contributed by atoms with van der Waals surface area (Å²) in [6, 6.07) is 9.56. The zero-order valence-electron chi connectivity index (χ0n) is 11.4. The number of carbonyl (C=O) groups excluding carboxylic acids is 1. The third-order valence-corrected chi connectivity index (χ3v) is 3.37. The Bertz CT molecular complexity index is 374. The van der Waals surface area contributed by atoms with E-state index in [1.807, 2.05) is 30.3 Å². The van der Waals surface area contributed by atoms with E-state index in [1.165, 1.54) is 25.9 Å². The van der Waals surface area contributed by atoms with Crippen molar-refractivity contribution in [1.82, 2.24) is 10.2 Å². The SMILES string of the molecule is O=C(CNCCCN1CCCC1)Nc1ccccc1. The number of hydrogen-bond donors (Lipinski definition) is 2. The normalized spacial score (nSPS) is 15.6. The van der Waals surface area contributed by atoms with E-state index >= 15 is 0 Å². The first-order valence-electron chi connectivity index (χ1n) is 7.12. The Morgan fingerprint density at radius 2 is 1.89 bits per heavy atom. The van der Waals surface area contributed by atoms with Crippen LogP contribution >= 0.6 is 0 Å². The van der Waals surface area contributed by atoms with E-state index in [0.717, 1.165) is 25.2 Å². The topological polar surface area (TPSA) is 44.4 Å². The Hall–Kier alpha value is -1.39. The van der Waals surface area contributed by atoms with Crippen molar-refractivity contribution in [3.8, 4) is 0 Å². The summed E-state index contributed by atoms with van der Waals surface area (Å²) in [5.41, 5.74) is 0.853. The monoisotopic (exact) mass is 261 g/mol. The lowest BCUT2D eigenvalue weighted by molar-refractivity contribution is -0.115. The van der Waals surface area contributed by atoms with E-state index in [4.69, 9.17) is 0 Å². The van der Waals surface area contributed by atoms with Crippen molar-refractivity contribution in [3.05, 3.63) is 30.3 Å². The minimum Gasteiger partial charge on any atom is -0.325 e. The lowest BCUT2D eigenvalue weighted by atomic mass is 10.3. The molecule has 4 heteroatoms. The van der Waals surface area contributed by atoms with Crippen LogP contribution in [0.1, 0.15) is 19.3 Å². The summed E-state index contributed by atoms with van der Waals surface area (Å²) in [5.74, 6) is 0.0207. The van der Waals surface area contributed by atoms with Crippen molar-refractivity contribution >= 4 is 11.6 Å². The average molecular weight is 261 g/mol. The van der Waals surface area contributed by atoms with Crippen molar-refractivity contribution in [1.29, 1.82) is 0 Å². The first-order valence-corrected chi connectivity index (χ1v) is 7.12. The number of nitrogens with zero attached hydrogens (tertiary/aromatic N) is 1. The quantitative estimate of drug-likeness (QED) is 0.734. The zero-order chi connectivity index (χ0) is 13.3. The van der Waals surface area contributed by atoms with Gasteiger partial charge in [0.1, 0.15) is 0 Å². The fourth-order valence-electron chi connectivity index (χ4n) is 2.36. The molecule has 0 bridgehead atoms. The highest BCUT2D eigenvalue weighted by molar-refractivity contribution is 5.92. The molecule has 1 saturated heterocycles. The molecule has 0 spiro atoms. The van der Waals surface area contributed by atoms with Crippen molar-refractivity contribution in [2.24, 2.45) is 0 Å². The molecule has 0 aliphatic carbocycles. The molecule has 0 atom stereocenters. The van der Waals surface area contributed by atoms with Gasteiger partial charge in [0.2, 0.25) is 5.91 Å². The van der Waals surface area contributed by atoms with Gasteiger partial charge in [0, 0.05) is 5.69 Å². The lowest BCUT2D eigenvalue weighted by Gasteiger charge is -2.14. The average Bonchev–Trinajstić information content (AvgIpc) is 2.92. The third-order valence-electron chi connectivity index (χ3n) is 3.37. The van der Waals surface area contributed by atoms with Crippen LogP contribution in [0.5, 0.6) is 0 Å². The number of para-hydroxylation sites is 1. The van der Waals surface area contributed by atoms with Crippen LogP contribution in [-0.4, -0.2) is 43.5 Å². The number of anilines is 1. The van der Waals surface area contributed by atoms with Crippen LogP contribution in [0.25, 0.3) is 0 Å². The number of nitrogens with one attached hydrogen (secondary N) is 2. The number of hydrogen-bond acceptors (Lipinski definition) is 3. The highest BCUT2D eigenvalue weighted by Gasteiger charge is 2.10. The molecule has 0 unspecified atom stereocenters. The van der Waals surface area contributed by atoms with Gasteiger partial charge in [-0.2, -0.15) is 0 Å². The van der Waals surface area contributed by atoms with Gasteiger partial charge in [-0.3, -0.25) is 4.79 Å². The molecule has 2 N–H and O–H groups in total. The van der Waals surface area contributed by atoms with E-state index in [9.17, 15) is 4.79 Å². The predicted molar refractivity (Wildman–Crippen MR) is 78.2 cm³/mol. The second kappa shape index (κ2) is 7.92. The van der Waals surface area contributed by atoms with Crippen LogP contribution in [-0.2, 0) is 4.79 Å². The lowest BCUT2D eigenvalue weighted by Crippen LogP contribution is -2.30. The van der Waals surface area contributed by atoms with Gasteiger partial charge < -0.3 is 15.5 Å². The number of amides is 1. The Balaban J connectivity index is 1.51. The molecule has 19 heavy (non-hydrogen) atoms. The van der Waals surface area contributed by atoms with E-state index in [0.29, 0.717) is 6.54 Å². The van der Waals surface area contributed by atoms with E-state index in [-0.39, 0.29) is 5.91 Å². The third kappa shape index (κ3) is 5.41. The number of likely N-dealkylation sites (tertiary alicyclic amines) is 1. The minimum absolute atomic E-state index is 0.0207. The Morgan fingerprint density at radius 3 is 2.63 bits per heavy atom.